The standard InChI is InChI=1S/C11H20N2OS.C10H18N2OS.C9H16N2OS/c1-7(2)12-9(14)11(5,6)13(8(3)4)10(12)15;1-6(2)11-8(5)9(13)12(7(3)4)10(11)14;1-6(2)10-5-8(12)11(7(3)4)9(10)13/h7-8H,1-6H3;6-8H,1-5H3;6-7H,5H2,1-4H3. The Balaban J connectivity index is 0.000000316. The number of hydrogen-bond donors (Lipinski definition) is 0. The van der Waals surface area contributed by atoms with Crippen LogP contribution in [0.5, 0.6) is 0 Å². The topological polar surface area (TPSA) is 70.7 Å². The van der Waals surface area contributed by atoms with Crippen LogP contribution in [0.4, 0.5) is 0 Å². The molecule has 0 spiro atoms. The molecule has 0 radical (unpaired) electrons. The van der Waals surface area contributed by atoms with Crippen LogP contribution < -0.4 is 0 Å². The van der Waals surface area contributed by atoms with Gasteiger partial charge in [0.05, 0.1) is 6.54 Å². The molecular weight excluding hydrogens is 589 g/mol. The number of carbonyl (C=O) groups is 3. The number of nitrogens with zero attached hydrogens (tertiary/aromatic N) is 6. The molecule has 0 aliphatic carbocycles. The molecule has 42 heavy (non-hydrogen) atoms. The van der Waals surface area contributed by atoms with Crippen molar-refractivity contribution >= 4 is 69.7 Å². The fraction of sp³-hybridized carbons (Fsp3) is 0.800. The van der Waals surface area contributed by atoms with E-state index in [9.17, 15) is 14.4 Å². The third-order valence-electron chi connectivity index (χ3n) is 7.47. The van der Waals surface area contributed by atoms with Gasteiger partial charge < -0.3 is 14.7 Å². The van der Waals surface area contributed by atoms with Gasteiger partial charge in [0.1, 0.15) is 11.6 Å². The second kappa shape index (κ2) is 14.7. The lowest BCUT2D eigenvalue weighted by Gasteiger charge is -2.33. The van der Waals surface area contributed by atoms with Gasteiger partial charge in [0.2, 0.25) is 5.91 Å². The maximum atomic E-state index is 12.2. The molecule has 1 unspecified atom stereocenters. The summed E-state index contributed by atoms with van der Waals surface area (Å²) in [5.74, 6) is 0.351. The summed E-state index contributed by atoms with van der Waals surface area (Å²) in [7, 11) is 0. The van der Waals surface area contributed by atoms with E-state index in [0.717, 1.165) is 0 Å². The minimum Gasteiger partial charge on any atom is -0.337 e. The summed E-state index contributed by atoms with van der Waals surface area (Å²) in [6.45, 7) is 30.5. The number of hydrogen-bond acceptors (Lipinski definition) is 6. The summed E-state index contributed by atoms with van der Waals surface area (Å²) in [6.07, 6.45) is 0. The van der Waals surface area contributed by atoms with Crippen molar-refractivity contribution in [2.75, 3.05) is 6.54 Å². The smallest absolute Gasteiger partial charge is 0.254 e. The zero-order chi connectivity index (χ0) is 33.2. The lowest BCUT2D eigenvalue weighted by Crippen LogP contribution is -2.47. The Labute approximate surface area is 270 Å². The first-order valence-corrected chi connectivity index (χ1v) is 16.2. The molecule has 1 atom stereocenters. The second-order valence-electron chi connectivity index (χ2n) is 13.2. The van der Waals surface area contributed by atoms with Crippen molar-refractivity contribution in [1.29, 1.82) is 0 Å². The molecule has 0 aromatic carbocycles. The van der Waals surface area contributed by atoms with Crippen molar-refractivity contribution in [3.63, 3.8) is 0 Å². The molecule has 0 aromatic heterocycles. The lowest BCUT2D eigenvalue weighted by atomic mass is 10.0. The number of carbonyl (C=O) groups excluding carboxylic acids is 3. The van der Waals surface area contributed by atoms with Gasteiger partial charge in [-0.3, -0.25) is 29.1 Å². The molecule has 0 N–H and O–H groups in total. The van der Waals surface area contributed by atoms with Crippen LogP contribution >= 0.6 is 36.7 Å². The highest BCUT2D eigenvalue weighted by Crippen LogP contribution is 2.31. The normalized spacial score (nSPS) is 20.9. The van der Waals surface area contributed by atoms with Gasteiger partial charge in [-0.1, -0.05) is 0 Å². The highest BCUT2D eigenvalue weighted by molar-refractivity contribution is 7.80. The van der Waals surface area contributed by atoms with E-state index in [0.29, 0.717) is 27.9 Å². The molecule has 3 aliphatic rings. The number of thiocarbonyl (C=S) groups is 3. The first kappa shape index (κ1) is 38.1. The molecule has 3 fully saturated rings. The van der Waals surface area contributed by atoms with E-state index >= 15 is 0 Å². The molecule has 0 aromatic rings. The molecule has 12 heteroatoms. The maximum absolute atomic E-state index is 12.2. The van der Waals surface area contributed by atoms with Crippen LogP contribution in [0.25, 0.3) is 0 Å². The molecule has 3 amide bonds. The molecule has 3 saturated heterocycles. The lowest BCUT2D eigenvalue weighted by molar-refractivity contribution is -0.133. The quantitative estimate of drug-likeness (QED) is 0.378. The van der Waals surface area contributed by atoms with Crippen LogP contribution in [-0.4, -0.2) is 117 Å². The fourth-order valence-electron chi connectivity index (χ4n) is 5.46. The Morgan fingerprint density at radius 2 is 1.07 bits per heavy atom. The van der Waals surface area contributed by atoms with Crippen LogP contribution in [0.3, 0.4) is 0 Å². The van der Waals surface area contributed by atoms with E-state index < -0.39 is 5.54 Å². The van der Waals surface area contributed by atoms with Crippen LogP contribution in [0, 0.1) is 0 Å². The summed E-state index contributed by atoms with van der Waals surface area (Å²) in [6, 6.07) is 1.19. The first-order valence-electron chi connectivity index (χ1n) is 15.0. The Morgan fingerprint density at radius 3 is 1.29 bits per heavy atom. The van der Waals surface area contributed by atoms with Gasteiger partial charge in [-0.15, -0.1) is 0 Å². The van der Waals surface area contributed by atoms with Crippen LogP contribution in [0.1, 0.15) is 104 Å². The van der Waals surface area contributed by atoms with E-state index in [1.807, 2.05) is 90.9 Å². The largest absolute Gasteiger partial charge is 0.337 e. The molecule has 3 aliphatic heterocycles. The van der Waals surface area contributed by atoms with Gasteiger partial charge in [-0.2, -0.15) is 0 Å². The van der Waals surface area contributed by atoms with Gasteiger partial charge in [0, 0.05) is 36.3 Å². The summed E-state index contributed by atoms with van der Waals surface area (Å²) >= 11 is 15.9. The van der Waals surface area contributed by atoms with Crippen molar-refractivity contribution in [3.05, 3.63) is 0 Å². The van der Waals surface area contributed by atoms with Crippen LogP contribution in [-0.2, 0) is 14.4 Å². The average molecular weight is 643 g/mol. The average Bonchev–Trinajstić information content (AvgIpc) is 3.31. The SMILES string of the molecule is CC(C)N1C(=O)C(C)(C)N(C(C)C)C1=S.CC(C)N1C(=O)C(C)N(C(C)C)C1=S.CC(C)N1CC(=O)N(C(C)C)C1=S. The second-order valence-corrected chi connectivity index (χ2v) is 14.3. The fourth-order valence-corrected chi connectivity index (χ4v) is 7.45. The number of amides is 3. The third kappa shape index (κ3) is 7.77. The summed E-state index contributed by atoms with van der Waals surface area (Å²) in [5, 5.41) is 2.01. The van der Waals surface area contributed by atoms with Crippen LogP contribution in [0.15, 0.2) is 0 Å². The van der Waals surface area contributed by atoms with Gasteiger partial charge in [0.15, 0.2) is 15.3 Å². The Hall–Kier alpha value is -1.92. The van der Waals surface area contributed by atoms with E-state index in [-0.39, 0.29) is 54.0 Å². The maximum Gasteiger partial charge on any atom is 0.254 e. The van der Waals surface area contributed by atoms with E-state index in [1.165, 1.54) is 0 Å². The molecule has 9 nitrogen and oxygen atoms in total. The van der Waals surface area contributed by atoms with Gasteiger partial charge >= 0.3 is 0 Å². The Bertz CT molecular complexity index is 1060. The van der Waals surface area contributed by atoms with E-state index in [4.69, 9.17) is 36.7 Å². The summed E-state index contributed by atoms with van der Waals surface area (Å²) in [5.41, 5.74) is -0.504. The van der Waals surface area contributed by atoms with Crippen molar-refractivity contribution in [2.24, 2.45) is 0 Å². The molecule has 240 valence electrons. The first-order chi connectivity index (χ1) is 19.0. The molecule has 3 rings (SSSR count). The van der Waals surface area contributed by atoms with Crippen molar-refractivity contribution < 1.29 is 14.4 Å². The van der Waals surface area contributed by atoms with Crippen molar-refractivity contribution in [1.82, 2.24) is 29.4 Å². The third-order valence-corrected chi connectivity index (χ3v) is 8.70. The van der Waals surface area contributed by atoms with Crippen molar-refractivity contribution in [2.45, 2.75) is 152 Å². The molecule has 3 heterocycles. The Kier molecular flexibility index (Phi) is 13.3. The zero-order valence-electron chi connectivity index (χ0n) is 28.4. The highest BCUT2D eigenvalue weighted by atomic mass is 32.1. The monoisotopic (exact) mass is 642 g/mol. The molecule has 0 bridgehead atoms. The van der Waals surface area contributed by atoms with E-state index in [1.54, 1.807) is 14.7 Å². The molecular formula is C30H54N6O3S3. The summed E-state index contributed by atoms with van der Waals surface area (Å²) < 4.78 is 0. The summed E-state index contributed by atoms with van der Waals surface area (Å²) in [4.78, 5) is 46.7. The van der Waals surface area contributed by atoms with Crippen LogP contribution in [0.2, 0.25) is 0 Å². The van der Waals surface area contributed by atoms with Gasteiger partial charge in [0.25, 0.3) is 11.8 Å². The number of rotatable bonds is 6. The highest BCUT2D eigenvalue weighted by Gasteiger charge is 2.50. The van der Waals surface area contributed by atoms with Gasteiger partial charge in [-0.05, 0) is 141 Å². The minimum absolute atomic E-state index is 0.107. The minimum atomic E-state index is -0.504. The van der Waals surface area contributed by atoms with E-state index in [2.05, 4.69) is 27.7 Å². The molecule has 0 saturated carbocycles. The van der Waals surface area contributed by atoms with Gasteiger partial charge in [-0.25, -0.2) is 0 Å². The van der Waals surface area contributed by atoms with Crippen molar-refractivity contribution in [3.8, 4) is 0 Å². The Morgan fingerprint density at radius 1 is 0.619 bits per heavy atom. The predicted molar refractivity (Wildman–Crippen MR) is 183 cm³/mol. The predicted octanol–water partition coefficient (Wildman–Crippen LogP) is 4.86. The zero-order valence-corrected chi connectivity index (χ0v) is 30.8.